The van der Waals surface area contributed by atoms with E-state index in [9.17, 15) is 14.3 Å². The van der Waals surface area contributed by atoms with Gasteiger partial charge in [-0.25, -0.2) is 13.2 Å². The van der Waals surface area contributed by atoms with Crippen molar-refractivity contribution >= 4 is 33.5 Å². The zero-order valence-electron chi connectivity index (χ0n) is 25.8. The van der Waals surface area contributed by atoms with E-state index in [1.54, 1.807) is 6.92 Å². The van der Waals surface area contributed by atoms with Crippen LogP contribution in [-0.2, 0) is 16.0 Å². The maximum Gasteiger partial charge on any atom is 0.319 e. The SMILES string of the molecule is CCc1c(F)ccc2cc(O)cc(-c3c(F)cc4c(N5CC[C@H]6C(=O)O[C@H]6C5)nc(OC[C@@]56CCCN5C[C@H](C)C6)nc4c3F)c12. The minimum absolute atomic E-state index is 0.0199. The highest BCUT2D eigenvalue weighted by Gasteiger charge is 2.48. The molecular weight excluding hydrogens is 597 g/mol. The van der Waals surface area contributed by atoms with Crippen LogP contribution in [0, 0.1) is 29.3 Å². The molecule has 0 radical (unpaired) electrons. The van der Waals surface area contributed by atoms with Gasteiger partial charge >= 0.3 is 12.0 Å². The van der Waals surface area contributed by atoms with Gasteiger partial charge in [-0.3, -0.25) is 9.69 Å². The van der Waals surface area contributed by atoms with Crippen LogP contribution in [0.25, 0.3) is 32.8 Å². The minimum atomic E-state index is -0.957. The first-order chi connectivity index (χ1) is 22.2. The van der Waals surface area contributed by atoms with Gasteiger partial charge in [0.05, 0.1) is 23.6 Å². The average molecular weight is 633 g/mol. The molecule has 4 aromatic rings. The molecule has 4 fully saturated rings. The molecular formula is C35H35F3N4O4. The van der Waals surface area contributed by atoms with E-state index in [0.29, 0.717) is 54.2 Å². The van der Waals surface area contributed by atoms with Gasteiger partial charge in [0.1, 0.15) is 41.4 Å². The Labute approximate surface area is 264 Å². The Morgan fingerprint density at radius 1 is 1.11 bits per heavy atom. The zero-order valence-corrected chi connectivity index (χ0v) is 25.8. The first kappa shape index (κ1) is 29.3. The van der Waals surface area contributed by atoms with E-state index in [2.05, 4.69) is 16.8 Å². The molecule has 0 bridgehead atoms. The maximum atomic E-state index is 16.9. The van der Waals surface area contributed by atoms with Crippen molar-refractivity contribution in [3.8, 4) is 22.9 Å². The number of anilines is 1. The van der Waals surface area contributed by atoms with E-state index in [1.807, 2.05) is 4.90 Å². The number of esters is 1. The van der Waals surface area contributed by atoms with E-state index in [-0.39, 0.29) is 58.2 Å². The molecule has 0 aliphatic carbocycles. The number of benzene rings is 3. The Balaban J connectivity index is 1.29. The second-order valence-electron chi connectivity index (χ2n) is 13.4. The predicted molar refractivity (Wildman–Crippen MR) is 166 cm³/mol. The number of carbonyl (C=O) groups excluding carboxylic acids is 1. The molecule has 11 heteroatoms. The summed E-state index contributed by atoms with van der Waals surface area (Å²) in [6.07, 6.45) is 3.54. The normalized spacial score (nSPS) is 25.9. The van der Waals surface area contributed by atoms with Crippen LogP contribution in [0.15, 0.2) is 30.3 Å². The number of aromatic nitrogens is 2. The molecule has 4 saturated heterocycles. The van der Waals surface area contributed by atoms with Gasteiger partial charge in [-0.2, -0.15) is 9.97 Å². The summed E-state index contributed by atoms with van der Waals surface area (Å²) in [5.41, 5.74) is -0.364. The highest BCUT2D eigenvalue weighted by Crippen LogP contribution is 2.44. The molecule has 8 nitrogen and oxygen atoms in total. The van der Waals surface area contributed by atoms with Gasteiger partial charge in [-0.1, -0.05) is 19.9 Å². The second kappa shape index (κ2) is 10.7. The minimum Gasteiger partial charge on any atom is -0.508 e. The van der Waals surface area contributed by atoms with Crippen molar-refractivity contribution in [2.75, 3.05) is 37.7 Å². The Morgan fingerprint density at radius 3 is 2.74 bits per heavy atom. The van der Waals surface area contributed by atoms with Crippen LogP contribution in [0.1, 0.15) is 45.1 Å². The third kappa shape index (κ3) is 4.49. The van der Waals surface area contributed by atoms with Gasteiger partial charge in [-0.05, 0) is 90.7 Å². The van der Waals surface area contributed by atoms with Crippen molar-refractivity contribution in [1.29, 1.82) is 0 Å². The van der Waals surface area contributed by atoms with Crippen LogP contribution >= 0.6 is 0 Å². The molecule has 0 saturated carbocycles. The largest absolute Gasteiger partial charge is 0.508 e. The lowest BCUT2D eigenvalue weighted by Gasteiger charge is -2.44. The molecule has 1 N–H and O–H groups in total. The highest BCUT2D eigenvalue weighted by molar-refractivity contribution is 6.03. The summed E-state index contributed by atoms with van der Waals surface area (Å²) in [4.78, 5) is 25.5. The van der Waals surface area contributed by atoms with Crippen LogP contribution < -0.4 is 9.64 Å². The molecule has 0 spiro atoms. The van der Waals surface area contributed by atoms with Gasteiger partial charge in [0.15, 0.2) is 5.82 Å². The first-order valence-electron chi connectivity index (χ1n) is 16.1. The van der Waals surface area contributed by atoms with Gasteiger partial charge in [0.2, 0.25) is 0 Å². The lowest BCUT2D eigenvalue weighted by atomic mass is 9.89. The molecule has 46 heavy (non-hydrogen) atoms. The van der Waals surface area contributed by atoms with Crippen LogP contribution in [0.2, 0.25) is 0 Å². The Morgan fingerprint density at radius 2 is 1.96 bits per heavy atom. The Bertz CT molecular complexity index is 1920. The summed E-state index contributed by atoms with van der Waals surface area (Å²) in [7, 11) is 0. The average Bonchev–Trinajstić information content (AvgIpc) is 3.55. The third-order valence-electron chi connectivity index (χ3n) is 10.5. The van der Waals surface area contributed by atoms with Gasteiger partial charge in [0.25, 0.3) is 0 Å². The van der Waals surface area contributed by atoms with Crippen LogP contribution in [0.3, 0.4) is 0 Å². The summed E-state index contributed by atoms with van der Waals surface area (Å²) in [5.74, 6) is -2.14. The van der Waals surface area contributed by atoms with E-state index < -0.39 is 23.0 Å². The molecule has 4 atom stereocenters. The summed E-state index contributed by atoms with van der Waals surface area (Å²) >= 11 is 0. The third-order valence-corrected chi connectivity index (χ3v) is 10.5. The number of fused-ring (bicyclic) bond motifs is 4. The topological polar surface area (TPSA) is 88.0 Å². The predicted octanol–water partition coefficient (Wildman–Crippen LogP) is 6.14. The second-order valence-corrected chi connectivity index (χ2v) is 13.4. The number of aromatic hydroxyl groups is 1. The van der Waals surface area contributed by atoms with Crippen molar-refractivity contribution in [3.05, 3.63) is 53.3 Å². The number of hydrogen-bond donors (Lipinski definition) is 1. The number of nitrogens with zero attached hydrogens (tertiary/aromatic N) is 4. The first-order valence-corrected chi connectivity index (χ1v) is 16.1. The Hall–Kier alpha value is -4.12. The lowest BCUT2D eigenvalue weighted by molar-refractivity contribution is -0.185. The fourth-order valence-corrected chi connectivity index (χ4v) is 8.44. The summed E-state index contributed by atoms with van der Waals surface area (Å²) < 4.78 is 59.8. The summed E-state index contributed by atoms with van der Waals surface area (Å²) in [5, 5.41) is 11.5. The van der Waals surface area contributed by atoms with Crippen molar-refractivity contribution < 1.29 is 32.5 Å². The zero-order chi connectivity index (χ0) is 31.9. The molecule has 0 amide bonds. The number of phenols is 1. The molecule has 8 rings (SSSR count). The van der Waals surface area contributed by atoms with E-state index in [4.69, 9.17) is 14.5 Å². The molecule has 240 valence electrons. The van der Waals surface area contributed by atoms with Gasteiger partial charge < -0.3 is 19.5 Å². The number of rotatable bonds is 6. The van der Waals surface area contributed by atoms with Crippen LogP contribution in [-0.4, -0.2) is 70.4 Å². The lowest BCUT2D eigenvalue weighted by Crippen LogP contribution is -2.56. The molecule has 4 aliphatic heterocycles. The maximum absolute atomic E-state index is 16.9. The van der Waals surface area contributed by atoms with Gasteiger partial charge in [0, 0.05) is 18.5 Å². The molecule has 0 unspecified atom stereocenters. The molecule has 3 aromatic carbocycles. The quantitative estimate of drug-likeness (QED) is 0.254. The van der Waals surface area contributed by atoms with Crippen molar-refractivity contribution in [1.82, 2.24) is 14.9 Å². The Kier molecular flexibility index (Phi) is 6.83. The van der Waals surface area contributed by atoms with E-state index in [0.717, 1.165) is 32.4 Å². The monoisotopic (exact) mass is 632 g/mol. The highest BCUT2D eigenvalue weighted by atomic mass is 19.1. The van der Waals surface area contributed by atoms with E-state index >= 15 is 8.78 Å². The summed E-state index contributed by atoms with van der Waals surface area (Å²) in [6.45, 7) is 7.12. The van der Waals surface area contributed by atoms with Crippen LogP contribution in [0.4, 0.5) is 19.0 Å². The molecule has 5 heterocycles. The number of aryl methyl sites for hydroxylation is 1. The number of ether oxygens (including phenoxy) is 2. The van der Waals surface area contributed by atoms with Crippen molar-refractivity contribution in [2.24, 2.45) is 11.8 Å². The molecule has 1 aromatic heterocycles. The fourth-order valence-electron chi connectivity index (χ4n) is 8.44. The number of hydrogen-bond acceptors (Lipinski definition) is 8. The fraction of sp³-hybridized carbons (Fsp3) is 0.457. The summed E-state index contributed by atoms with van der Waals surface area (Å²) in [6, 6.07) is 6.67. The standard InChI is InChI=1S/C35H35F3N4O4/c1-3-21-25(36)6-5-19-11-20(43)12-23(28(19)21)29-26(37)13-24-31(30(29)38)39-34(45-17-35-8-4-9-42(35)15-18(2)14-35)40-32(24)41-10-7-22-27(16-41)46-33(22)44/h5-6,11-13,18,22,27,43H,3-4,7-10,14-17H2,1-2H3/t18-,22-,27+,35+/m1/s1. The number of halogens is 3. The van der Waals surface area contributed by atoms with Gasteiger partial charge in [-0.15, -0.1) is 0 Å². The van der Waals surface area contributed by atoms with E-state index in [1.165, 1.54) is 30.3 Å². The smallest absolute Gasteiger partial charge is 0.319 e. The van der Waals surface area contributed by atoms with Crippen molar-refractivity contribution in [3.63, 3.8) is 0 Å². The van der Waals surface area contributed by atoms with Crippen molar-refractivity contribution in [2.45, 2.75) is 57.6 Å². The number of carbonyl (C=O) groups is 1. The van der Waals surface area contributed by atoms with Crippen LogP contribution in [0.5, 0.6) is 11.8 Å². The number of phenolic OH excluding ortho intramolecular Hbond substituents is 1. The number of piperidine rings is 1. The molecule has 4 aliphatic rings.